The maximum absolute atomic E-state index is 12.2. The fourth-order valence-corrected chi connectivity index (χ4v) is 5.48. The second-order valence-corrected chi connectivity index (χ2v) is 11.9. The number of hydrogen-bond acceptors (Lipinski definition) is 10. The van der Waals surface area contributed by atoms with Crippen molar-refractivity contribution in [1.82, 2.24) is 0 Å². The van der Waals surface area contributed by atoms with E-state index in [1.54, 1.807) is 54.6 Å². The van der Waals surface area contributed by atoms with Crippen LogP contribution in [0.15, 0.2) is 147 Å². The molecule has 0 saturated heterocycles. The number of carbonyl (C=O) groups is 1. The molecule has 6 rings (SSSR count). The Morgan fingerprint density at radius 1 is 0.633 bits per heavy atom. The number of aromatic hydroxyl groups is 2. The van der Waals surface area contributed by atoms with Crippen molar-refractivity contribution in [3.63, 3.8) is 0 Å². The molecule has 0 saturated carbocycles. The van der Waals surface area contributed by atoms with E-state index in [1.807, 2.05) is 42.5 Å². The molecule has 0 aliphatic rings. The van der Waals surface area contributed by atoms with E-state index in [0.29, 0.717) is 27.8 Å². The molecular formula is C35H25N5NaO7S+. The van der Waals surface area contributed by atoms with Gasteiger partial charge in [0.25, 0.3) is 10.1 Å². The number of benzene rings is 6. The number of aromatic carboxylic acids is 1. The number of rotatable bonds is 9. The first kappa shape index (κ1) is 34.9. The third-order valence-electron chi connectivity index (χ3n) is 7.22. The smallest absolute Gasteiger partial charge is 0.507 e. The first-order valence-electron chi connectivity index (χ1n) is 14.2. The van der Waals surface area contributed by atoms with Crippen LogP contribution in [0, 0.1) is 0 Å². The molecule has 0 aromatic heterocycles. The Kier molecular flexibility index (Phi) is 10.5. The van der Waals surface area contributed by atoms with Gasteiger partial charge in [0.2, 0.25) is 0 Å². The third kappa shape index (κ3) is 8.17. The van der Waals surface area contributed by atoms with Gasteiger partial charge < -0.3 is 20.6 Å². The number of azo groups is 2. The number of anilines is 2. The zero-order valence-corrected chi connectivity index (χ0v) is 28.6. The summed E-state index contributed by atoms with van der Waals surface area (Å²) in [6.07, 6.45) is 0. The SMILES string of the molecule is O=C(O)c1cc(N=Nc2ccc(-c3ccc(N=Nc4c(S(=O)(=O)O)cc5ccc(Nc6ccccc6)cc5c4O)cc3)cc2)ccc1O.[Na+]. The van der Waals surface area contributed by atoms with Crippen molar-refractivity contribution in [3.05, 3.63) is 127 Å². The fraction of sp³-hybridized carbons (Fsp3) is 0. The van der Waals surface area contributed by atoms with E-state index in [2.05, 4.69) is 25.8 Å². The van der Waals surface area contributed by atoms with E-state index in [1.165, 1.54) is 24.3 Å². The van der Waals surface area contributed by atoms with Gasteiger partial charge in [-0.1, -0.05) is 48.5 Å². The van der Waals surface area contributed by atoms with E-state index < -0.39 is 32.4 Å². The number of phenols is 2. The van der Waals surface area contributed by atoms with Gasteiger partial charge >= 0.3 is 35.5 Å². The van der Waals surface area contributed by atoms with Crippen LogP contribution in [-0.2, 0) is 10.1 Å². The number of carboxylic acid groups (broad SMARTS) is 1. The van der Waals surface area contributed by atoms with Crippen molar-refractivity contribution in [2.24, 2.45) is 20.5 Å². The Balaban J connectivity index is 0.00000468. The number of fused-ring (bicyclic) bond motifs is 1. The van der Waals surface area contributed by atoms with E-state index in [0.717, 1.165) is 16.8 Å². The molecule has 238 valence electrons. The predicted octanol–water partition coefficient (Wildman–Crippen LogP) is 6.44. The van der Waals surface area contributed by atoms with Crippen molar-refractivity contribution in [3.8, 4) is 22.6 Å². The van der Waals surface area contributed by atoms with Crippen molar-refractivity contribution in [1.29, 1.82) is 0 Å². The van der Waals surface area contributed by atoms with Crippen LogP contribution < -0.4 is 34.9 Å². The molecule has 49 heavy (non-hydrogen) atoms. The van der Waals surface area contributed by atoms with Crippen LogP contribution in [0.4, 0.5) is 34.1 Å². The minimum atomic E-state index is -4.76. The maximum Gasteiger partial charge on any atom is 1.00 e. The van der Waals surface area contributed by atoms with Crippen LogP contribution in [-0.4, -0.2) is 34.3 Å². The minimum absolute atomic E-state index is 0. The number of carboxylic acids is 1. The van der Waals surface area contributed by atoms with Crippen LogP contribution >= 0.6 is 0 Å². The molecule has 6 aromatic rings. The van der Waals surface area contributed by atoms with Gasteiger partial charge in [0.1, 0.15) is 21.9 Å². The monoisotopic (exact) mass is 682 g/mol. The molecule has 0 atom stereocenters. The van der Waals surface area contributed by atoms with Gasteiger partial charge in [0, 0.05) is 16.8 Å². The third-order valence-corrected chi connectivity index (χ3v) is 8.08. The molecule has 0 spiro atoms. The summed E-state index contributed by atoms with van der Waals surface area (Å²) in [7, 11) is -4.76. The topological polar surface area (TPSA) is 194 Å². The first-order chi connectivity index (χ1) is 23.0. The Labute approximate surface area is 302 Å². The zero-order chi connectivity index (χ0) is 33.8. The Bertz CT molecular complexity index is 2330. The normalized spacial score (nSPS) is 11.5. The van der Waals surface area contributed by atoms with E-state index in [9.17, 15) is 28.0 Å². The summed E-state index contributed by atoms with van der Waals surface area (Å²) in [6, 6.07) is 33.5. The summed E-state index contributed by atoms with van der Waals surface area (Å²) in [4.78, 5) is 10.6. The summed E-state index contributed by atoms with van der Waals surface area (Å²) in [5.41, 5.74) is 3.60. The summed E-state index contributed by atoms with van der Waals surface area (Å²) in [5, 5.41) is 50.2. The molecule has 12 nitrogen and oxygen atoms in total. The molecule has 0 aliphatic carbocycles. The van der Waals surface area contributed by atoms with Crippen LogP contribution in [0.25, 0.3) is 21.9 Å². The van der Waals surface area contributed by atoms with Gasteiger partial charge in [0.15, 0.2) is 5.75 Å². The van der Waals surface area contributed by atoms with Crippen molar-refractivity contribution >= 4 is 61.0 Å². The summed E-state index contributed by atoms with van der Waals surface area (Å²) in [6.45, 7) is 0. The van der Waals surface area contributed by atoms with Gasteiger partial charge in [-0.3, -0.25) is 4.55 Å². The summed E-state index contributed by atoms with van der Waals surface area (Å²) in [5.74, 6) is -2.09. The molecular weight excluding hydrogens is 657 g/mol. The van der Waals surface area contributed by atoms with Crippen LogP contribution in [0.3, 0.4) is 0 Å². The standard InChI is InChI=1S/C35H25N5O7S.Na/c41-31-17-16-28(20-30(31)35(43)44)39-37-25-11-6-21(7-12-25)22-8-13-26(14-9-22)38-40-33-32(48(45,46)47)18-23-10-15-27(19-29(23)34(33)42)36-24-4-2-1-3-5-24;/h1-20,36,41-42H,(H,43,44)(H,45,46,47);/q;+1. The van der Waals surface area contributed by atoms with E-state index in [-0.39, 0.29) is 46.6 Å². The molecule has 0 heterocycles. The second kappa shape index (κ2) is 14.8. The molecule has 6 aromatic carbocycles. The number of hydrogen-bond donors (Lipinski definition) is 5. The Hall–Kier alpha value is -5.44. The number of nitrogens with one attached hydrogen (secondary N) is 1. The fourth-order valence-electron chi connectivity index (χ4n) is 4.82. The molecule has 14 heteroatoms. The van der Waals surface area contributed by atoms with Gasteiger partial charge in [-0.05, 0) is 89.3 Å². The van der Waals surface area contributed by atoms with Crippen molar-refractivity contribution in [2.45, 2.75) is 4.90 Å². The zero-order valence-electron chi connectivity index (χ0n) is 25.8. The number of phenolic OH excluding ortho intramolecular Hbond substituents is 1. The van der Waals surface area contributed by atoms with Crippen molar-refractivity contribution < 1.29 is 62.6 Å². The van der Waals surface area contributed by atoms with Crippen LogP contribution in [0.5, 0.6) is 11.5 Å². The average molecular weight is 683 g/mol. The van der Waals surface area contributed by atoms with E-state index >= 15 is 0 Å². The van der Waals surface area contributed by atoms with Crippen molar-refractivity contribution in [2.75, 3.05) is 5.32 Å². The maximum atomic E-state index is 12.2. The molecule has 5 N–H and O–H groups in total. The van der Waals surface area contributed by atoms with Gasteiger partial charge in [-0.2, -0.15) is 23.8 Å². The predicted molar refractivity (Wildman–Crippen MR) is 180 cm³/mol. The van der Waals surface area contributed by atoms with Gasteiger partial charge in [0.05, 0.1) is 17.1 Å². The Morgan fingerprint density at radius 2 is 1.20 bits per heavy atom. The second-order valence-electron chi connectivity index (χ2n) is 10.5. The molecule has 0 aliphatic heterocycles. The molecule has 0 fully saturated rings. The average Bonchev–Trinajstić information content (AvgIpc) is 3.08. The molecule has 0 radical (unpaired) electrons. The van der Waals surface area contributed by atoms with Crippen LogP contribution in [0.2, 0.25) is 0 Å². The summed E-state index contributed by atoms with van der Waals surface area (Å²) < 4.78 is 34.4. The largest absolute Gasteiger partial charge is 1.00 e. The van der Waals surface area contributed by atoms with Gasteiger partial charge in [-0.25, -0.2) is 4.79 Å². The number of para-hydroxylation sites is 1. The van der Waals surface area contributed by atoms with Crippen LogP contribution in [0.1, 0.15) is 10.4 Å². The Morgan fingerprint density at radius 3 is 1.80 bits per heavy atom. The first-order valence-corrected chi connectivity index (χ1v) is 15.7. The number of nitrogens with zero attached hydrogens (tertiary/aromatic N) is 4. The molecule has 0 bridgehead atoms. The van der Waals surface area contributed by atoms with Gasteiger partial charge in [-0.15, -0.1) is 5.11 Å². The minimum Gasteiger partial charge on any atom is -0.507 e. The quantitative estimate of drug-likeness (QED) is 0.0653. The van der Waals surface area contributed by atoms with E-state index in [4.69, 9.17) is 5.11 Å². The molecule has 0 amide bonds. The molecule has 0 unspecified atom stereocenters. The summed E-state index contributed by atoms with van der Waals surface area (Å²) >= 11 is 0.